The number of amides is 2. The Kier molecular flexibility index (Phi) is 7.48. The summed E-state index contributed by atoms with van der Waals surface area (Å²) in [5.74, 6) is -1.11. The molecular weight excluding hydrogens is 491 g/mol. The summed E-state index contributed by atoms with van der Waals surface area (Å²) in [7, 11) is 0. The topological polar surface area (TPSA) is 126 Å². The molecule has 12 heteroatoms. The Bertz CT molecular complexity index is 1360. The highest BCUT2D eigenvalue weighted by Gasteiger charge is 2.41. The molecule has 0 bridgehead atoms. The molecule has 1 aliphatic heterocycles. The van der Waals surface area contributed by atoms with Crippen LogP contribution in [-0.2, 0) is 22.3 Å². The van der Waals surface area contributed by atoms with E-state index in [9.17, 15) is 27.6 Å². The number of aromatic nitrogens is 2. The molecule has 2 heterocycles. The number of hydrogen-bond acceptors (Lipinski definition) is 6. The minimum atomic E-state index is -4.49. The number of rotatable bonds is 7. The molecule has 1 unspecified atom stereocenters. The van der Waals surface area contributed by atoms with E-state index in [1.54, 1.807) is 24.3 Å². The van der Waals surface area contributed by atoms with Crippen molar-refractivity contribution < 1.29 is 27.5 Å². The molecule has 3 aromatic rings. The van der Waals surface area contributed by atoms with Crippen LogP contribution in [0.3, 0.4) is 0 Å². The molecule has 1 saturated heterocycles. The molecule has 192 valence electrons. The first kappa shape index (κ1) is 25.8. The molecule has 1 fully saturated rings. The average molecular weight is 513 g/mol. The van der Waals surface area contributed by atoms with Gasteiger partial charge in [0.2, 0.25) is 5.91 Å². The van der Waals surface area contributed by atoms with E-state index in [1.807, 2.05) is 0 Å². The van der Waals surface area contributed by atoms with Crippen LogP contribution in [0.15, 0.2) is 70.6 Å². The molecule has 3 N–H and O–H groups in total. The van der Waals surface area contributed by atoms with Crippen molar-refractivity contribution in [1.29, 1.82) is 0 Å². The minimum absolute atomic E-state index is 0.0129. The van der Waals surface area contributed by atoms with E-state index in [0.29, 0.717) is 24.3 Å². The van der Waals surface area contributed by atoms with Crippen molar-refractivity contribution in [3.05, 3.63) is 87.8 Å². The second kappa shape index (κ2) is 10.7. The second-order valence-electron chi connectivity index (χ2n) is 8.40. The molecule has 37 heavy (non-hydrogen) atoms. The minimum Gasteiger partial charge on any atom is -0.380 e. The van der Waals surface area contributed by atoms with Gasteiger partial charge in [0, 0.05) is 31.1 Å². The van der Waals surface area contributed by atoms with Gasteiger partial charge in [-0.05, 0) is 36.2 Å². The summed E-state index contributed by atoms with van der Waals surface area (Å²) in [6.45, 7) is 0.477. The zero-order valence-corrected chi connectivity index (χ0v) is 19.3. The fourth-order valence-electron chi connectivity index (χ4n) is 3.73. The molecule has 1 aromatic heterocycles. The van der Waals surface area contributed by atoms with E-state index in [2.05, 4.69) is 25.8 Å². The first-order chi connectivity index (χ1) is 17.7. The first-order valence-electron chi connectivity index (χ1n) is 11.2. The van der Waals surface area contributed by atoms with Gasteiger partial charge in [0.05, 0.1) is 29.6 Å². The number of alkyl halides is 3. The van der Waals surface area contributed by atoms with E-state index >= 15 is 0 Å². The number of H-pyrrole nitrogens is 1. The van der Waals surface area contributed by atoms with Crippen molar-refractivity contribution in [3.8, 4) is 0 Å². The fourth-order valence-corrected chi connectivity index (χ4v) is 3.73. The van der Waals surface area contributed by atoms with E-state index in [0.717, 1.165) is 12.1 Å². The third kappa shape index (κ3) is 6.28. The number of nitrogens with one attached hydrogen (secondary N) is 3. The number of aromatic amines is 1. The van der Waals surface area contributed by atoms with Crippen molar-refractivity contribution in [2.45, 2.75) is 19.1 Å². The Morgan fingerprint density at radius 2 is 1.92 bits per heavy atom. The van der Waals surface area contributed by atoms with Gasteiger partial charge in [0.1, 0.15) is 5.41 Å². The summed E-state index contributed by atoms with van der Waals surface area (Å²) in [5.41, 5.74) is -1.40. The van der Waals surface area contributed by atoms with Crippen molar-refractivity contribution in [1.82, 2.24) is 15.5 Å². The highest BCUT2D eigenvalue weighted by atomic mass is 19.4. The van der Waals surface area contributed by atoms with Gasteiger partial charge < -0.3 is 15.4 Å². The predicted octanol–water partition coefficient (Wildman–Crippen LogP) is 3.47. The largest absolute Gasteiger partial charge is 0.418 e. The maximum absolute atomic E-state index is 13.2. The Morgan fingerprint density at radius 1 is 1.16 bits per heavy atom. The molecule has 0 radical (unpaired) electrons. The van der Waals surface area contributed by atoms with Gasteiger partial charge in [-0.3, -0.25) is 14.4 Å². The maximum atomic E-state index is 13.2. The number of nitrogens with zero attached hydrogens (tertiary/aromatic N) is 2. The quantitative estimate of drug-likeness (QED) is 0.416. The first-order valence-corrected chi connectivity index (χ1v) is 11.2. The van der Waals surface area contributed by atoms with Gasteiger partial charge in [0.15, 0.2) is 0 Å². The van der Waals surface area contributed by atoms with E-state index in [4.69, 9.17) is 4.74 Å². The molecular formula is C25H22F3N5O4. The van der Waals surface area contributed by atoms with Crippen LogP contribution in [0.5, 0.6) is 0 Å². The average Bonchev–Trinajstić information content (AvgIpc) is 3.37. The Balaban J connectivity index is 1.40. The van der Waals surface area contributed by atoms with Crippen LogP contribution in [-0.4, -0.2) is 41.4 Å². The van der Waals surface area contributed by atoms with Crippen molar-refractivity contribution in [3.63, 3.8) is 0 Å². The molecule has 1 aliphatic rings. The van der Waals surface area contributed by atoms with Gasteiger partial charge >= 0.3 is 6.18 Å². The van der Waals surface area contributed by atoms with Crippen LogP contribution in [0.2, 0.25) is 0 Å². The molecule has 9 nitrogen and oxygen atoms in total. The van der Waals surface area contributed by atoms with Crippen LogP contribution in [0.25, 0.3) is 0 Å². The van der Waals surface area contributed by atoms with Gasteiger partial charge in [0.25, 0.3) is 11.5 Å². The summed E-state index contributed by atoms with van der Waals surface area (Å²) < 4.78 is 45.0. The third-order valence-corrected chi connectivity index (χ3v) is 5.76. The fraction of sp³-hybridized carbons (Fsp3) is 0.240. The number of aliphatic imine (C=N–C) groups is 1. The van der Waals surface area contributed by atoms with Crippen LogP contribution in [0, 0.1) is 5.41 Å². The molecule has 2 amide bonds. The lowest BCUT2D eigenvalue weighted by Gasteiger charge is -2.21. The molecule has 0 aliphatic carbocycles. The zero-order chi connectivity index (χ0) is 26.5. The normalized spacial score (nSPS) is 17.6. The number of benzene rings is 2. The lowest BCUT2D eigenvalue weighted by Crippen LogP contribution is -2.42. The second-order valence-corrected chi connectivity index (χ2v) is 8.40. The molecule has 2 aromatic carbocycles. The summed E-state index contributed by atoms with van der Waals surface area (Å²) in [6, 6.07) is 12.8. The maximum Gasteiger partial charge on any atom is 0.418 e. The van der Waals surface area contributed by atoms with Gasteiger partial charge in [-0.25, -0.2) is 10.1 Å². The van der Waals surface area contributed by atoms with Crippen LogP contribution in [0.1, 0.15) is 27.9 Å². The van der Waals surface area contributed by atoms with Crippen molar-refractivity contribution in [2.75, 3.05) is 18.5 Å². The molecule has 0 spiro atoms. The standard InChI is InChI=1S/C25H22F3N5O4/c26-25(27,28)19-3-1-2-4-20(19)32-18-7-5-16(6-8-18)12-29-23(36)24(9-10-37-15-24)14-30-22(35)17-11-21(34)33-31-13-17/h1-8,11,13-14,32H,9-10,12,15H2,(H,29,36)(H,33,34). The van der Waals surface area contributed by atoms with E-state index in [-0.39, 0.29) is 24.4 Å². The molecule has 4 rings (SSSR count). The van der Waals surface area contributed by atoms with Gasteiger partial charge in [-0.15, -0.1) is 0 Å². The number of anilines is 2. The number of para-hydroxylation sites is 1. The molecule has 1 atom stereocenters. The number of hydrogen-bond donors (Lipinski definition) is 3. The number of halogens is 3. The van der Waals surface area contributed by atoms with Crippen LogP contribution in [0.4, 0.5) is 24.5 Å². The Hall–Kier alpha value is -4.32. The smallest absolute Gasteiger partial charge is 0.380 e. The predicted molar refractivity (Wildman–Crippen MR) is 129 cm³/mol. The Morgan fingerprint density at radius 3 is 2.59 bits per heavy atom. The highest BCUT2D eigenvalue weighted by molar-refractivity contribution is 6.05. The van der Waals surface area contributed by atoms with Crippen LogP contribution >= 0.6 is 0 Å². The summed E-state index contributed by atoms with van der Waals surface area (Å²) in [4.78, 5) is 40.5. The van der Waals surface area contributed by atoms with Gasteiger partial charge in [-0.1, -0.05) is 24.3 Å². The Labute approximate surface area is 208 Å². The highest BCUT2D eigenvalue weighted by Crippen LogP contribution is 2.36. The zero-order valence-electron chi connectivity index (χ0n) is 19.3. The SMILES string of the molecule is O=C(N=CC1(C(=O)NCc2ccc(Nc3ccccc3C(F)(F)F)cc2)CCOC1)c1cn[nH]c(=O)c1. The number of ether oxygens (including phenoxy) is 1. The monoisotopic (exact) mass is 513 g/mol. The summed E-state index contributed by atoms with van der Waals surface area (Å²) in [6.07, 6.45) is -1.77. The van der Waals surface area contributed by atoms with E-state index < -0.39 is 34.5 Å². The lowest BCUT2D eigenvalue weighted by atomic mass is 9.87. The van der Waals surface area contributed by atoms with Crippen molar-refractivity contribution in [2.24, 2.45) is 10.4 Å². The van der Waals surface area contributed by atoms with E-state index in [1.165, 1.54) is 30.6 Å². The molecule has 0 saturated carbocycles. The number of carbonyl (C=O) groups is 2. The summed E-state index contributed by atoms with van der Waals surface area (Å²) in [5, 5.41) is 11.3. The lowest BCUT2D eigenvalue weighted by molar-refractivity contribution is -0.137. The van der Waals surface area contributed by atoms with Crippen molar-refractivity contribution >= 4 is 29.4 Å². The third-order valence-electron chi connectivity index (χ3n) is 5.76. The summed E-state index contributed by atoms with van der Waals surface area (Å²) >= 11 is 0. The van der Waals surface area contributed by atoms with Gasteiger partial charge in [-0.2, -0.15) is 18.3 Å². The van der Waals surface area contributed by atoms with Crippen LogP contribution < -0.4 is 16.2 Å². The number of carbonyl (C=O) groups excluding carboxylic acids is 2.